The van der Waals surface area contributed by atoms with Crippen molar-refractivity contribution in [1.82, 2.24) is 5.32 Å². The van der Waals surface area contributed by atoms with Gasteiger partial charge in [0, 0.05) is 6.54 Å². The van der Waals surface area contributed by atoms with Crippen molar-refractivity contribution in [3.63, 3.8) is 0 Å². The van der Waals surface area contributed by atoms with E-state index >= 15 is 0 Å². The van der Waals surface area contributed by atoms with Crippen LogP contribution in [0.25, 0.3) is 0 Å². The van der Waals surface area contributed by atoms with Gasteiger partial charge in [0.25, 0.3) is 0 Å². The van der Waals surface area contributed by atoms with Gasteiger partial charge in [-0.2, -0.15) is 0 Å². The third kappa shape index (κ3) is 6.40. The van der Waals surface area contributed by atoms with Gasteiger partial charge in [-0.05, 0) is 24.3 Å². The second kappa shape index (κ2) is 8.38. The van der Waals surface area contributed by atoms with Gasteiger partial charge in [-0.25, -0.2) is 9.59 Å². The quantitative estimate of drug-likeness (QED) is 0.247. The molecule has 0 unspecified atom stereocenters. The molecule has 0 saturated heterocycles. The summed E-state index contributed by atoms with van der Waals surface area (Å²) in [6, 6.07) is 0. The zero-order valence-corrected chi connectivity index (χ0v) is 10.6. The lowest BCUT2D eigenvalue weighted by Gasteiger charge is -2.03. The molecular weight excluding hydrogens is 222 g/mol. The number of esters is 2. The van der Waals surface area contributed by atoms with Gasteiger partial charge in [0.05, 0.1) is 14.2 Å². The number of nitrogens with one attached hydrogen (secondary N) is 1. The highest BCUT2D eigenvalue weighted by atomic mass is 16.5. The van der Waals surface area contributed by atoms with Crippen molar-refractivity contribution in [2.45, 2.75) is 13.8 Å². The van der Waals surface area contributed by atoms with E-state index in [9.17, 15) is 9.59 Å². The van der Waals surface area contributed by atoms with Crippen molar-refractivity contribution >= 4 is 11.9 Å². The molecule has 5 nitrogen and oxygen atoms in total. The zero-order valence-electron chi connectivity index (χ0n) is 10.6. The molecule has 0 aliphatic heterocycles. The number of methoxy groups -OCH3 is 2. The molecule has 0 aliphatic rings. The van der Waals surface area contributed by atoms with Crippen LogP contribution < -0.4 is 5.32 Å². The fraction of sp³-hybridized carbons (Fsp3) is 0.500. The molecule has 0 aromatic carbocycles. The topological polar surface area (TPSA) is 64.6 Å². The first kappa shape index (κ1) is 15.2. The van der Waals surface area contributed by atoms with Crippen LogP contribution in [0.15, 0.2) is 23.9 Å². The van der Waals surface area contributed by atoms with Crippen LogP contribution in [-0.4, -0.2) is 32.7 Å². The Morgan fingerprint density at radius 2 is 1.71 bits per heavy atom. The second-order valence-electron chi connectivity index (χ2n) is 3.72. The second-order valence-corrected chi connectivity index (χ2v) is 3.72. The third-order valence-electron chi connectivity index (χ3n) is 1.81. The van der Waals surface area contributed by atoms with Crippen molar-refractivity contribution in [1.29, 1.82) is 0 Å². The van der Waals surface area contributed by atoms with Crippen LogP contribution in [0.2, 0.25) is 0 Å². The summed E-state index contributed by atoms with van der Waals surface area (Å²) in [7, 11) is 2.42. The molecule has 0 atom stereocenters. The van der Waals surface area contributed by atoms with Crippen molar-refractivity contribution < 1.29 is 19.1 Å². The van der Waals surface area contributed by atoms with Crippen LogP contribution in [-0.2, 0) is 19.1 Å². The lowest BCUT2D eigenvalue weighted by Crippen LogP contribution is -2.16. The largest absolute Gasteiger partial charge is 0.465 e. The standard InChI is InChI=1S/C12H19NO4/c1-9(2)8-13-7-5-6-10(11(14)16-3)12(15)17-4/h5-7,9,13H,8H2,1-4H3/b7-5+. The van der Waals surface area contributed by atoms with Crippen molar-refractivity contribution in [2.75, 3.05) is 20.8 Å². The molecule has 1 N–H and O–H groups in total. The molecule has 0 aromatic heterocycles. The molecule has 0 rings (SSSR count). The number of carbonyl (C=O) groups is 2. The smallest absolute Gasteiger partial charge is 0.345 e. The first-order valence-electron chi connectivity index (χ1n) is 5.29. The van der Waals surface area contributed by atoms with E-state index in [-0.39, 0.29) is 5.57 Å². The van der Waals surface area contributed by atoms with E-state index in [0.29, 0.717) is 5.92 Å². The summed E-state index contributed by atoms with van der Waals surface area (Å²) in [6.07, 6.45) is 4.57. The Kier molecular flexibility index (Phi) is 7.50. The van der Waals surface area contributed by atoms with E-state index < -0.39 is 11.9 Å². The molecule has 17 heavy (non-hydrogen) atoms. The maximum atomic E-state index is 11.2. The van der Waals surface area contributed by atoms with Crippen LogP contribution >= 0.6 is 0 Å². The number of hydrogen-bond donors (Lipinski definition) is 1. The van der Waals surface area contributed by atoms with Gasteiger partial charge in [-0.3, -0.25) is 0 Å². The highest BCUT2D eigenvalue weighted by Crippen LogP contribution is 2.00. The molecular formula is C12H19NO4. The molecule has 0 heterocycles. The SMILES string of the molecule is COC(=O)C(=C/C=C/NCC(C)C)C(=O)OC. The Hall–Kier alpha value is -1.78. The molecule has 0 spiro atoms. The van der Waals surface area contributed by atoms with Gasteiger partial charge < -0.3 is 14.8 Å². The van der Waals surface area contributed by atoms with E-state index in [1.54, 1.807) is 12.3 Å². The Labute approximate surface area is 101 Å². The number of rotatable bonds is 6. The minimum Gasteiger partial charge on any atom is -0.465 e. The van der Waals surface area contributed by atoms with Gasteiger partial charge in [-0.1, -0.05) is 13.8 Å². The molecule has 96 valence electrons. The average Bonchev–Trinajstić information content (AvgIpc) is 2.31. The van der Waals surface area contributed by atoms with Crippen LogP contribution in [0.5, 0.6) is 0 Å². The van der Waals surface area contributed by atoms with E-state index in [2.05, 4.69) is 28.6 Å². The minimum absolute atomic E-state index is 0.141. The van der Waals surface area contributed by atoms with Crippen LogP contribution in [0.1, 0.15) is 13.8 Å². The Balaban J connectivity index is 4.49. The van der Waals surface area contributed by atoms with Gasteiger partial charge in [-0.15, -0.1) is 0 Å². The molecule has 0 radical (unpaired) electrons. The van der Waals surface area contributed by atoms with E-state index in [1.807, 2.05) is 0 Å². The van der Waals surface area contributed by atoms with E-state index in [0.717, 1.165) is 6.54 Å². The van der Waals surface area contributed by atoms with Crippen LogP contribution in [0.3, 0.4) is 0 Å². The highest BCUT2D eigenvalue weighted by molar-refractivity contribution is 6.14. The van der Waals surface area contributed by atoms with E-state index in [1.165, 1.54) is 20.3 Å². The Morgan fingerprint density at radius 3 is 2.12 bits per heavy atom. The van der Waals surface area contributed by atoms with Gasteiger partial charge >= 0.3 is 11.9 Å². The summed E-state index contributed by atoms with van der Waals surface area (Å²) in [4.78, 5) is 22.5. The Bertz CT molecular complexity index is 300. The number of ether oxygens (including phenoxy) is 2. The summed E-state index contributed by atoms with van der Waals surface area (Å²) < 4.78 is 8.94. The maximum absolute atomic E-state index is 11.2. The fourth-order valence-electron chi connectivity index (χ4n) is 0.955. The lowest BCUT2D eigenvalue weighted by atomic mass is 10.2. The minimum atomic E-state index is -0.717. The zero-order chi connectivity index (χ0) is 13.3. The maximum Gasteiger partial charge on any atom is 0.345 e. The predicted octanol–water partition coefficient (Wildman–Crippen LogP) is 1.02. The number of hydrogen-bond acceptors (Lipinski definition) is 5. The summed E-state index contributed by atoms with van der Waals surface area (Å²) in [5, 5.41) is 3.02. The third-order valence-corrected chi connectivity index (χ3v) is 1.81. The van der Waals surface area contributed by atoms with Gasteiger partial charge in [0.15, 0.2) is 0 Å². The molecule has 0 saturated carbocycles. The summed E-state index contributed by atoms with van der Waals surface area (Å²) in [5.74, 6) is -0.917. The average molecular weight is 241 g/mol. The summed E-state index contributed by atoms with van der Waals surface area (Å²) in [6.45, 7) is 4.96. The summed E-state index contributed by atoms with van der Waals surface area (Å²) in [5.41, 5.74) is -0.141. The molecule has 0 aromatic rings. The first-order chi connectivity index (χ1) is 8.02. The molecule has 0 fully saturated rings. The molecule has 5 heteroatoms. The van der Waals surface area contributed by atoms with Crippen LogP contribution in [0, 0.1) is 5.92 Å². The van der Waals surface area contributed by atoms with Gasteiger partial charge in [0.1, 0.15) is 5.57 Å². The Morgan fingerprint density at radius 1 is 1.18 bits per heavy atom. The molecule has 0 bridgehead atoms. The predicted molar refractivity (Wildman–Crippen MR) is 64.1 cm³/mol. The number of allylic oxidation sites excluding steroid dienone is 2. The van der Waals surface area contributed by atoms with Crippen molar-refractivity contribution in [3.05, 3.63) is 23.9 Å². The van der Waals surface area contributed by atoms with E-state index in [4.69, 9.17) is 0 Å². The fourth-order valence-corrected chi connectivity index (χ4v) is 0.955. The number of carbonyl (C=O) groups excluding carboxylic acids is 2. The molecule has 0 aliphatic carbocycles. The molecule has 0 amide bonds. The van der Waals surface area contributed by atoms with Gasteiger partial charge in [0.2, 0.25) is 0 Å². The summed E-state index contributed by atoms with van der Waals surface area (Å²) >= 11 is 0. The van der Waals surface area contributed by atoms with Crippen molar-refractivity contribution in [3.8, 4) is 0 Å². The first-order valence-corrected chi connectivity index (χ1v) is 5.29. The van der Waals surface area contributed by atoms with Crippen LogP contribution in [0.4, 0.5) is 0 Å². The van der Waals surface area contributed by atoms with Crippen molar-refractivity contribution in [2.24, 2.45) is 5.92 Å². The normalized spacial score (nSPS) is 10.2. The monoisotopic (exact) mass is 241 g/mol. The lowest BCUT2D eigenvalue weighted by molar-refractivity contribution is -0.144. The highest BCUT2D eigenvalue weighted by Gasteiger charge is 2.18.